The van der Waals surface area contributed by atoms with Crippen molar-refractivity contribution in [3.63, 3.8) is 0 Å². The van der Waals surface area contributed by atoms with Crippen molar-refractivity contribution in [1.29, 1.82) is 5.53 Å². The third kappa shape index (κ3) is 2.52. The number of azide groups is 1. The van der Waals surface area contributed by atoms with Gasteiger partial charge in [-0.15, -0.1) is 0 Å². The zero-order valence-corrected chi connectivity index (χ0v) is 8.08. The van der Waals surface area contributed by atoms with E-state index in [4.69, 9.17) is 15.8 Å². The molecule has 0 amide bonds. The molecule has 0 aromatic carbocycles. The molecule has 1 heterocycles. The SMILES string of the molecule is [N-]=[N+]=NC[C@@H]1OC(O)[C@H](O)[C@H](N=[N+]=N)[C@@H]1O. The lowest BCUT2D eigenvalue weighted by Crippen LogP contribution is -2.57. The highest BCUT2D eigenvalue weighted by molar-refractivity contribution is 4.93. The fourth-order valence-corrected chi connectivity index (χ4v) is 1.40. The van der Waals surface area contributed by atoms with Gasteiger partial charge >= 0.3 is 0 Å². The Kier molecular flexibility index (Phi) is 4.32. The molecule has 10 nitrogen and oxygen atoms in total. The summed E-state index contributed by atoms with van der Waals surface area (Å²) in [4.78, 5) is 5.17. The van der Waals surface area contributed by atoms with Crippen LogP contribution in [0.4, 0.5) is 0 Å². The van der Waals surface area contributed by atoms with Crippen LogP contribution in [0.25, 0.3) is 10.4 Å². The summed E-state index contributed by atoms with van der Waals surface area (Å²) in [5.74, 6) is 0. The number of ether oxygens (including phenoxy) is 1. The molecular formula is C6H11N6O4+. The van der Waals surface area contributed by atoms with Gasteiger partial charge in [0.2, 0.25) is 4.91 Å². The maximum Gasteiger partial charge on any atom is 0.214 e. The van der Waals surface area contributed by atoms with E-state index in [-0.39, 0.29) is 6.54 Å². The molecule has 1 aliphatic heterocycles. The van der Waals surface area contributed by atoms with E-state index in [0.29, 0.717) is 0 Å². The number of hydrogen-bond donors (Lipinski definition) is 4. The molecule has 0 saturated carbocycles. The third-order valence-electron chi connectivity index (χ3n) is 2.20. The van der Waals surface area contributed by atoms with Gasteiger partial charge in [-0.3, -0.25) is 0 Å². The summed E-state index contributed by atoms with van der Waals surface area (Å²) in [5.41, 5.74) is 14.6. The molecule has 88 valence electrons. The molecule has 1 aliphatic rings. The van der Waals surface area contributed by atoms with Gasteiger partial charge < -0.3 is 20.1 Å². The Morgan fingerprint density at radius 3 is 2.56 bits per heavy atom. The summed E-state index contributed by atoms with van der Waals surface area (Å²) in [6.07, 6.45) is -5.35. The number of aliphatic hydroxyl groups excluding tert-OH is 3. The Hall–Kier alpha value is -1.54. The summed E-state index contributed by atoms with van der Waals surface area (Å²) in [6, 6.07) is -1.18. The van der Waals surface area contributed by atoms with E-state index >= 15 is 0 Å². The van der Waals surface area contributed by atoms with E-state index in [1.165, 1.54) is 0 Å². The van der Waals surface area contributed by atoms with Gasteiger partial charge in [0.25, 0.3) is 0 Å². The molecule has 4 N–H and O–H groups in total. The predicted molar refractivity (Wildman–Crippen MR) is 48.0 cm³/mol. The number of rotatable bonds is 3. The Bertz CT molecular complexity index is 338. The molecule has 1 unspecified atom stereocenters. The minimum absolute atomic E-state index is 0.217. The van der Waals surface area contributed by atoms with Crippen molar-refractivity contribution in [2.24, 2.45) is 10.2 Å². The lowest BCUT2D eigenvalue weighted by atomic mass is 9.97. The van der Waals surface area contributed by atoms with Crippen molar-refractivity contribution < 1.29 is 20.1 Å². The van der Waals surface area contributed by atoms with Crippen LogP contribution in [0.5, 0.6) is 0 Å². The van der Waals surface area contributed by atoms with E-state index < -0.39 is 30.6 Å². The van der Waals surface area contributed by atoms with Crippen molar-refractivity contribution in [3.05, 3.63) is 10.4 Å². The van der Waals surface area contributed by atoms with E-state index in [1.807, 2.05) is 0 Å². The molecule has 0 aromatic rings. The van der Waals surface area contributed by atoms with Gasteiger partial charge in [0.15, 0.2) is 12.3 Å². The monoisotopic (exact) mass is 231 g/mol. The van der Waals surface area contributed by atoms with Crippen LogP contribution in [0.2, 0.25) is 0 Å². The first-order valence-electron chi connectivity index (χ1n) is 4.39. The highest BCUT2D eigenvalue weighted by Crippen LogP contribution is 2.22. The molecule has 1 rings (SSSR count). The minimum Gasteiger partial charge on any atom is -0.388 e. The molecular weight excluding hydrogens is 220 g/mol. The van der Waals surface area contributed by atoms with Crippen molar-refractivity contribution in [2.75, 3.05) is 6.54 Å². The number of nitrogens with one attached hydrogen (secondary N) is 1. The summed E-state index contributed by atoms with van der Waals surface area (Å²) >= 11 is 0. The molecule has 0 spiro atoms. The van der Waals surface area contributed by atoms with Gasteiger partial charge in [-0.2, -0.15) is 0 Å². The van der Waals surface area contributed by atoms with Gasteiger partial charge in [-0.1, -0.05) is 5.11 Å². The fraction of sp³-hybridized carbons (Fsp3) is 1.00. The van der Waals surface area contributed by atoms with E-state index in [2.05, 4.69) is 20.1 Å². The average molecular weight is 231 g/mol. The van der Waals surface area contributed by atoms with Crippen LogP contribution in [0.15, 0.2) is 10.2 Å². The van der Waals surface area contributed by atoms with Crippen molar-refractivity contribution in [2.45, 2.75) is 30.6 Å². The maximum absolute atomic E-state index is 9.66. The first-order chi connectivity index (χ1) is 7.61. The maximum atomic E-state index is 9.66. The van der Waals surface area contributed by atoms with Crippen LogP contribution in [-0.4, -0.2) is 52.5 Å². The summed E-state index contributed by atoms with van der Waals surface area (Å²) in [5, 5.41) is 34.8. The Balaban J connectivity index is 2.83. The molecule has 0 aliphatic carbocycles. The molecule has 1 saturated heterocycles. The van der Waals surface area contributed by atoms with Crippen molar-refractivity contribution in [1.82, 2.24) is 4.91 Å². The number of aliphatic hydroxyl groups is 3. The Morgan fingerprint density at radius 2 is 2.00 bits per heavy atom. The topological polar surface area (TPSA) is 169 Å². The predicted octanol–water partition coefficient (Wildman–Crippen LogP) is -1.35. The zero-order valence-electron chi connectivity index (χ0n) is 8.08. The highest BCUT2D eigenvalue weighted by Gasteiger charge is 2.46. The zero-order chi connectivity index (χ0) is 12.1. The van der Waals surface area contributed by atoms with Gasteiger partial charge in [0.05, 0.1) is 12.6 Å². The van der Waals surface area contributed by atoms with E-state index in [1.54, 1.807) is 0 Å². The first kappa shape index (κ1) is 12.5. The van der Waals surface area contributed by atoms with Crippen LogP contribution in [0, 0.1) is 5.53 Å². The molecule has 5 atom stereocenters. The highest BCUT2D eigenvalue weighted by atomic mass is 16.6. The lowest BCUT2D eigenvalue weighted by molar-refractivity contribution is -0.249. The van der Waals surface area contributed by atoms with Crippen LogP contribution in [0.1, 0.15) is 0 Å². The number of nitrogens with zero attached hydrogens (tertiary/aromatic N) is 5. The fourth-order valence-electron chi connectivity index (χ4n) is 1.40. The lowest BCUT2D eigenvalue weighted by Gasteiger charge is -2.35. The van der Waals surface area contributed by atoms with Crippen LogP contribution >= 0.6 is 0 Å². The van der Waals surface area contributed by atoms with E-state index in [0.717, 1.165) is 0 Å². The molecule has 1 fully saturated rings. The number of hydrogen-bond acceptors (Lipinski definition) is 7. The largest absolute Gasteiger partial charge is 0.388 e. The van der Waals surface area contributed by atoms with Crippen molar-refractivity contribution in [3.8, 4) is 0 Å². The standard InChI is InChI=1S/C6H11N6O4/c7-11-9-1-2-4(13)3(10-12-8)5(14)6(15)16-2/h2-6,8,13-15H,1H2/q+1/t2-,3+,4+,5+,6?/m0/s1. The van der Waals surface area contributed by atoms with Crippen LogP contribution < -0.4 is 4.91 Å². The van der Waals surface area contributed by atoms with Crippen LogP contribution in [-0.2, 0) is 4.74 Å². The second-order valence-electron chi connectivity index (χ2n) is 3.17. The van der Waals surface area contributed by atoms with Gasteiger partial charge in [0.1, 0.15) is 22.9 Å². The van der Waals surface area contributed by atoms with Gasteiger partial charge in [-0.25, -0.2) is 0 Å². The smallest absolute Gasteiger partial charge is 0.214 e. The van der Waals surface area contributed by atoms with Gasteiger partial charge in [0, 0.05) is 4.91 Å². The minimum atomic E-state index is -1.57. The Morgan fingerprint density at radius 1 is 1.31 bits per heavy atom. The third-order valence-corrected chi connectivity index (χ3v) is 2.20. The second kappa shape index (κ2) is 5.52. The van der Waals surface area contributed by atoms with Crippen molar-refractivity contribution >= 4 is 0 Å². The first-order valence-corrected chi connectivity index (χ1v) is 4.39. The summed E-state index contributed by atoms with van der Waals surface area (Å²) in [7, 11) is 0. The average Bonchev–Trinajstić information content (AvgIpc) is 2.27. The Labute approximate surface area is 89.3 Å². The molecule has 0 bridgehead atoms. The van der Waals surface area contributed by atoms with E-state index in [9.17, 15) is 15.3 Å². The molecule has 10 heteroatoms. The van der Waals surface area contributed by atoms with Crippen LogP contribution in [0.3, 0.4) is 0 Å². The second-order valence-corrected chi connectivity index (χ2v) is 3.17. The molecule has 0 radical (unpaired) electrons. The molecule has 0 aromatic heterocycles. The van der Waals surface area contributed by atoms with Gasteiger partial charge in [-0.05, 0) is 5.53 Å². The summed E-state index contributed by atoms with van der Waals surface area (Å²) in [6.45, 7) is -0.217. The normalized spacial score (nSPS) is 38.3. The summed E-state index contributed by atoms with van der Waals surface area (Å²) < 4.78 is 4.82. The quantitative estimate of drug-likeness (QED) is 0.267. The molecule has 16 heavy (non-hydrogen) atoms.